The molecular weight excluding hydrogens is 312 g/mol. The fraction of sp³-hybridized carbons (Fsp3) is 0.556. The Balaban J connectivity index is 2.48. The Labute approximate surface area is 141 Å². The minimum Gasteiger partial charge on any atom is -0.508 e. The third kappa shape index (κ3) is 7.35. The number of aryl methyl sites for hydroxylation is 1. The highest BCUT2D eigenvalue weighted by atomic mass is 16.4. The van der Waals surface area contributed by atoms with Crippen molar-refractivity contribution in [2.45, 2.75) is 64.2 Å². The van der Waals surface area contributed by atoms with Crippen LogP contribution in [0.15, 0.2) is 12.1 Å². The molecule has 0 spiro atoms. The number of carboxylic acids is 2. The number of carbonyl (C=O) groups is 2. The van der Waals surface area contributed by atoms with E-state index in [0.717, 1.165) is 24.8 Å². The maximum atomic E-state index is 10.5. The van der Waals surface area contributed by atoms with Crippen molar-refractivity contribution in [1.29, 1.82) is 0 Å². The van der Waals surface area contributed by atoms with Crippen molar-refractivity contribution in [2.75, 3.05) is 0 Å². The van der Waals surface area contributed by atoms with Gasteiger partial charge in [-0.15, -0.1) is 0 Å². The lowest BCUT2D eigenvalue weighted by molar-refractivity contribution is -0.138. The van der Waals surface area contributed by atoms with E-state index in [2.05, 4.69) is 0 Å². The lowest BCUT2D eigenvalue weighted by Gasteiger charge is -2.12. The number of unbranched alkanes of at least 4 members (excludes halogenated alkanes) is 4. The summed E-state index contributed by atoms with van der Waals surface area (Å²) in [6.07, 6.45) is 5.62. The summed E-state index contributed by atoms with van der Waals surface area (Å²) in [5.41, 5.74) is 1.26. The molecule has 0 aliphatic rings. The summed E-state index contributed by atoms with van der Waals surface area (Å²) in [4.78, 5) is 20.9. The maximum Gasteiger partial charge on any atom is 0.303 e. The van der Waals surface area contributed by atoms with Crippen molar-refractivity contribution >= 4 is 11.9 Å². The van der Waals surface area contributed by atoms with Crippen LogP contribution in [0.4, 0.5) is 0 Å². The van der Waals surface area contributed by atoms with Crippen molar-refractivity contribution < 1.29 is 30.0 Å². The molecule has 6 heteroatoms. The van der Waals surface area contributed by atoms with E-state index in [1.54, 1.807) is 12.1 Å². The van der Waals surface area contributed by atoms with Gasteiger partial charge in [0.2, 0.25) is 0 Å². The number of hydrogen-bond acceptors (Lipinski definition) is 4. The van der Waals surface area contributed by atoms with Crippen molar-refractivity contribution in [3.05, 3.63) is 23.3 Å². The van der Waals surface area contributed by atoms with Gasteiger partial charge in [-0.1, -0.05) is 18.9 Å². The zero-order valence-corrected chi connectivity index (χ0v) is 13.8. The summed E-state index contributed by atoms with van der Waals surface area (Å²) in [6.45, 7) is 0. The fourth-order valence-electron chi connectivity index (χ4n) is 2.65. The third-order valence-corrected chi connectivity index (χ3v) is 4.00. The first kappa shape index (κ1) is 19.8. The van der Waals surface area contributed by atoms with Crippen LogP contribution in [0.2, 0.25) is 0 Å². The summed E-state index contributed by atoms with van der Waals surface area (Å²) in [7, 11) is 0. The Morgan fingerprint density at radius 1 is 0.750 bits per heavy atom. The van der Waals surface area contributed by atoms with Crippen molar-refractivity contribution in [3.63, 3.8) is 0 Å². The monoisotopic (exact) mass is 338 g/mol. The van der Waals surface area contributed by atoms with Crippen LogP contribution in [-0.2, 0) is 22.4 Å². The van der Waals surface area contributed by atoms with Gasteiger partial charge in [0.15, 0.2) is 0 Å². The Bertz CT molecular complexity index is 553. The molecule has 0 bridgehead atoms. The van der Waals surface area contributed by atoms with Gasteiger partial charge >= 0.3 is 11.9 Å². The smallest absolute Gasteiger partial charge is 0.303 e. The molecule has 0 aliphatic carbocycles. The summed E-state index contributed by atoms with van der Waals surface area (Å²) in [5, 5.41) is 37.4. The minimum absolute atomic E-state index is 0.0559. The Hall–Kier alpha value is -2.24. The topological polar surface area (TPSA) is 115 Å². The second-order valence-electron chi connectivity index (χ2n) is 5.98. The van der Waals surface area contributed by atoms with Crippen molar-refractivity contribution in [1.82, 2.24) is 0 Å². The Morgan fingerprint density at radius 3 is 1.83 bits per heavy atom. The Kier molecular flexibility index (Phi) is 8.68. The standard InChI is InChI=1S/C18H26O6/c19-15-12-11-13(7-3-1-5-9-16(20)21)18(24)14(15)8-4-2-6-10-17(22)23/h11-12,19,24H,1-10H2,(H,20,21)(H,22,23). The first-order chi connectivity index (χ1) is 11.4. The number of aromatic hydroxyl groups is 2. The molecule has 0 saturated heterocycles. The van der Waals surface area contributed by atoms with Crippen LogP contribution < -0.4 is 0 Å². The molecule has 0 fully saturated rings. The molecule has 0 radical (unpaired) electrons. The molecule has 0 aliphatic heterocycles. The highest BCUT2D eigenvalue weighted by Crippen LogP contribution is 2.33. The van der Waals surface area contributed by atoms with Gasteiger partial charge in [0.05, 0.1) is 0 Å². The molecule has 4 N–H and O–H groups in total. The number of carboxylic acid groups (broad SMARTS) is 2. The van der Waals surface area contributed by atoms with Crippen molar-refractivity contribution in [3.8, 4) is 11.5 Å². The molecule has 1 rings (SSSR count). The van der Waals surface area contributed by atoms with Crippen LogP contribution in [0.1, 0.15) is 62.5 Å². The van der Waals surface area contributed by atoms with Crippen LogP contribution in [-0.4, -0.2) is 32.4 Å². The first-order valence-corrected chi connectivity index (χ1v) is 8.38. The maximum absolute atomic E-state index is 10.5. The highest BCUT2D eigenvalue weighted by Gasteiger charge is 2.12. The molecule has 0 aromatic heterocycles. The van der Waals surface area contributed by atoms with Gasteiger partial charge < -0.3 is 20.4 Å². The number of hydrogen-bond donors (Lipinski definition) is 4. The SMILES string of the molecule is O=C(O)CCCCCc1ccc(O)c(CCCCCC(=O)O)c1O. The number of phenolic OH excluding ortho intramolecular Hbond substituents is 2. The van der Waals surface area contributed by atoms with Gasteiger partial charge in [0.25, 0.3) is 0 Å². The molecule has 134 valence electrons. The minimum atomic E-state index is -0.814. The summed E-state index contributed by atoms with van der Waals surface area (Å²) in [5.74, 6) is -1.45. The van der Waals surface area contributed by atoms with E-state index < -0.39 is 11.9 Å². The van der Waals surface area contributed by atoms with Gasteiger partial charge in [-0.05, 0) is 50.2 Å². The van der Waals surface area contributed by atoms with Crippen molar-refractivity contribution in [2.24, 2.45) is 0 Å². The van der Waals surface area contributed by atoms with Gasteiger partial charge in [0.1, 0.15) is 11.5 Å². The predicted octanol–water partition coefficient (Wildman–Crippen LogP) is 3.47. The zero-order chi connectivity index (χ0) is 17.9. The second kappa shape index (κ2) is 10.5. The molecule has 0 atom stereocenters. The normalized spacial score (nSPS) is 10.7. The van der Waals surface area contributed by atoms with Crippen LogP contribution in [0.5, 0.6) is 11.5 Å². The highest BCUT2D eigenvalue weighted by molar-refractivity contribution is 5.66. The lowest BCUT2D eigenvalue weighted by Crippen LogP contribution is -1.97. The third-order valence-electron chi connectivity index (χ3n) is 4.00. The average Bonchev–Trinajstić information content (AvgIpc) is 2.51. The van der Waals surface area contributed by atoms with Gasteiger partial charge in [-0.2, -0.15) is 0 Å². The molecule has 0 unspecified atom stereocenters. The zero-order valence-electron chi connectivity index (χ0n) is 13.8. The average molecular weight is 338 g/mol. The number of phenols is 2. The summed E-state index contributed by atoms with van der Waals surface area (Å²) in [6, 6.07) is 3.26. The van der Waals surface area contributed by atoms with E-state index in [-0.39, 0.29) is 24.3 Å². The first-order valence-electron chi connectivity index (χ1n) is 8.38. The van der Waals surface area contributed by atoms with Gasteiger partial charge in [-0.3, -0.25) is 9.59 Å². The second-order valence-corrected chi connectivity index (χ2v) is 5.98. The van der Waals surface area contributed by atoms with E-state index in [1.165, 1.54) is 0 Å². The molecule has 0 amide bonds. The number of benzene rings is 1. The molecule has 24 heavy (non-hydrogen) atoms. The lowest BCUT2D eigenvalue weighted by atomic mass is 9.98. The van der Waals surface area contributed by atoms with Crippen LogP contribution in [0.25, 0.3) is 0 Å². The number of aliphatic carboxylic acids is 2. The van der Waals surface area contributed by atoms with Crippen LogP contribution >= 0.6 is 0 Å². The number of rotatable bonds is 12. The Morgan fingerprint density at radius 2 is 1.29 bits per heavy atom. The van der Waals surface area contributed by atoms with E-state index in [1.807, 2.05) is 0 Å². The molecule has 1 aromatic carbocycles. The molecule has 0 saturated carbocycles. The van der Waals surface area contributed by atoms with E-state index >= 15 is 0 Å². The van der Waals surface area contributed by atoms with E-state index in [0.29, 0.717) is 37.7 Å². The predicted molar refractivity (Wildman–Crippen MR) is 89.4 cm³/mol. The quantitative estimate of drug-likeness (QED) is 0.434. The fourth-order valence-corrected chi connectivity index (χ4v) is 2.65. The molecule has 0 heterocycles. The van der Waals surface area contributed by atoms with E-state index in [4.69, 9.17) is 10.2 Å². The van der Waals surface area contributed by atoms with Gasteiger partial charge in [0, 0.05) is 18.4 Å². The largest absolute Gasteiger partial charge is 0.508 e. The van der Waals surface area contributed by atoms with Crippen LogP contribution in [0.3, 0.4) is 0 Å². The molecule has 6 nitrogen and oxygen atoms in total. The van der Waals surface area contributed by atoms with Crippen LogP contribution in [0, 0.1) is 0 Å². The molecule has 1 aromatic rings. The molecular formula is C18H26O6. The summed E-state index contributed by atoms with van der Waals surface area (Å²) >= 11 is 0. The summed E-state index contributed by atoms with van der Waals surface area (Å²) < 4.78 is 0. The van der Waals surface area contributed by atoms with Gasteiger partial charge in [-0.25, -0.2) is 0 Å². The van der Waals surface area contributed by atoms with E-state index in [9.17, 15) is 19.8 Å².